The zero-order valence-corrected chi connectivity index (χ0v) is 24.8. The standard InChI is InChI=1S/C32H31F3N8O3/c1-18(44)42-13-3-2-4-24-16-38-29(36)28-27(41-30(43(24)28)21-9-10-23(14-21)39-26(45)17-42)19-5-7-20(8-6-19)31(46)40-25-15-22(11-12-37-25)32(33,34)35/h2,4-8,11-12,15-16,21,23H,3,9-10,13-14,17H2,1H3,(H2,36,38)(H,39,45)(H,37,40,46)/b4-2+/t21-,23-/m1/s1. The molecule has 11 nitrogen and oxygen atoms in total. The quantitative estimate of drug-likeness (QED) is 0.298. The van der Waals surface area contributed by atoms with Gasteiger partial charge in [0.15, 0.2) is 0 Å². The first kappa shape index (κ1) is 30.7. The van der Waals surface area contributed by atoms with E-state index in [1.54, 1.807) is 30.5 Å². The van der Waals surface area contributed by atoms with E-state index in [0.29, 0.717) is 36.2 Å². The molecule has 1 aliphatic heterocycles. The Bertz CT molecular complexity index is 1850. The van der Waals surface area contributed by atoms with Gasteiger partial charge in [0.1, 0.15) is 28.7 Å². The maximum atomic E-state index is 13.1. The molecule has 2 aliphatic rings. The molecule has 1 aliphatic carbocycles. The van der Waals surface area contributed by atoms with Crippen molar-refractivity contribution in [2.24, 2.45) is 0 Å². The number of fused-ring (bicyclic) bond motifs is 3. The van der Waals surface area contributed by atoms with Gasteiger partial charge in [0, 0.05) is 42.8 Å². The molecule has 4 aromatic rings. The molecular weight excluding hydrogens is 601 g/mol. The fraction of sp³-hybridized carbons (Fsp3) is 0.312. The predicted octanol–water partition coefficient (Wildman–Crippen LogP) is 4.66. The smallest absolute Gasteiger partial charge is 0.382 e. The molecule has 3 aromatic heterocycles. The van der Waals surface area contributed by atoms with Gasteiger partial charge in [-0.3, -0.25) is 18.8 Å². The second-order valence-corrected chi connectivity index (χ2v) is 11.4. The fourth-order valence-corrected chi connectivity index (χ4v) is 6.00. The Morgan fingerprint density at radius 1 is 1.11 bits per heavy atom. The summed E-state index contributed by atoms with van der Waals surface area (Å²) in [5.74, 6) is -0.181. The highest BCUT2D eigenvalue weighted by atomic mass is 19.4. The number of alkyl halides is 3. The van der Waals surface area contributed by atoms with Crippen LogP contribution in [0.25, 0.3) is 22.9 Å². The van der Waals surface area contributed by atoms with Crippen LogP contribution in [0.15, 0.2) is 54.9 Å². The molecule has 0 radical (unpaired) electrons. The van der Waals surface area contributed by atoms with Crippen molar-refractivity contribution in [2.45, 2.75) is 50.7 Å². The van der Waals surface area contributed by atoms with E-state index in [-0.39, 0.29) is 47.5 Å². The molecule has 0 unspecified atom stereocenters. The monoisotopic (exact) mass is 632 g/mol. The van der Waals surface area contributed by atoms with Gasteiger partial charge in [-0.1, -0.05) is 18.2 Å². The normalized spacial score (nSPS) is 19.4. The minimum absolute atomic E-state index is 0.00125. The van der Waals surface area contributed by atoms with Crippen molar-refractivity contribution in [3.8, 4) is 11.3 Å². The molecule has 0 saturated heterocycles. The molecule has 4 heterocycles. The molecule has 1 saturated carbocycles. The van der Waals surface area contributed by atoms with Crippen molar-refractivity contribution in [1.29, 1.82) is 0 Å². The Morgan fingerprint density at radius 3 is 2.63 bits per heavy atom. The Balaban J connectivity index is 1.34. The molecule has 14 heteroatoms. The molecule has 1 fully saturated rings. The van der Waals surface area contributed by atoms with Crippen LogP contribution in [0.2, 0.25) is 0 Å². The van der Waals surface area contributed by atoms with Crippen LogP contribution in [0, 0.1) is 0 Å². The van der Waals surface area contributed by atoms with E-state index in [1.807, 2.05) is 16.6 Å². The Hall–Kier alpha value is -5.27. The van der Waals surface area contributed by atoms with E-state index in [4.69, 9.17) is 10.7 Å². The first-order valence-corrected chi connectivity index (χ1v) is 14.8. The van der Waals surface area contributed by atoms with Crippen LogP contribution in [-0.2, 0) is 15.8 Å². The van der Waals surface area contributed by atoms with E-state index >= 15 is 0 Å². The SMILES string of the molecule is CC(=O)N1CC/C=C/c2cnc(N)c3c(-c4ccc(C(=O)Nc5cc(C(F)(F)F)ccn5)cc4)nc(n23)[C@@H]2CC[C@H](C2)NC(=O)C1. The van der Waals surface area contributed by atoms with Gasteiger partial charge in [-0.25, -0.2) is 15.0 Å². The number of hydrogen-bond acceptors (Lipinski definition) is 7. The summed E-state index contributed by atoms with van der Waals surface area (Å²) in [6.45, 7) is 1.83. The van der Waals surface area contributed by atoms with E-state index in [2.05, 4.69) is 20.6 Å². The highest BCUT2D eigenvalue weighted by molar-refractivity contribution is 6.04. The lowest BCUT2D eigenvalue weighted by Crippen LogP contribution is -2.43. The maximum Gasteiger partial charge on any atom is 0.416 e. The van der Waals surface area contributed by atoms with E-state index in [1.165, 1.54) is 11.8 Å². The van der Waals surface area contributed by atoms with E-state index < -0.39 is 17.6 Å². The number of rotatable bonds is 3. The molecule has 238 valence electrons. The summed E-state index contributed by atoms with van der Waals surface area (Å²) in [5.41, 5.74) is 8.29. The van der Waals surface area contributed by atoms with E-state index in [9.17, 15) is 27.6 Å². The van der Waals surface area contributed by atoms with Crippen molar-refractivity contribution in [1.82, 2.24) is 29.6 Å². The zero-order chi connectivity index (χ0) is 32.6. The van der Waals surface area contributed by atoms with Crippen LogP contribution >= 0.6 is 0 Å². The topological polar surface area (TPSA) is 148 Å². The molecule has 6 rings (SSSR count). The highest BCUT2D eigenvalue weighted by Gasteiger charge is 2.33. The Labute approximate surface area is 261 Å². The number of anilines is 2. The number of halogens is 3. The number of hydrogen-bond donors (Lipinski definition) is 3. The first-order chi connectivity index (χ1) is 22.0. The predicted molar refractivity (Wildman–Crippen MR) is 164 cm³/mol. The summed E-state index contributed by atoms with van der Waals surface area (Å²) in [5, 5.41) is 5.49. The number of carbonyl (C=O) groups is 3. The minimum atomic E-state index is -4.57. The number of benzene rings is 1. The fourth-order valence-electron chi connectivity index (χ4n) is 6.00. The number of nitrogens with one attached hydrogen (secondary N) is 2. The summed E-state index contributed by atoms with van der Waals surface area (Å²) in [4.78, 5) is 52.6. The van der Waals surface area contributed by atoms with Crippen LogP contribution in [-0.4, -0.2) is 61.1 Å². The van der Waals surface area contributed by atoms with Crippen LogP contribution in [0.4, 0.5) is 24.8 Å². The van der Waals surface area contributed by atoms with Crippen LogP contribution in [0.3, 0.4) is 0 Å². The third kappa shape index (κ3) is 6.28. The summed E-state index contributed by atoms with van der Waals surface area (Å²) in [6, 6.07) is 8.01. The first-order valence-electron chi connectivity index (χ1n) is 14.8. The Kier molecular flexibility index (Phi) is 8.19. The number of carbonyl (C=O) groups excluding carboxylic acids is 3. The Morgan fingerprint density at radius 2 is 1.89 bits per heavy atom. The average molecular weight is 633 g/mol. The zero-order valence-electron chi connectivity index (χ0n) is 24.8. The lowest BCUT2D eigenvalue weighted by Gasteiger charge is -2.22. The van der Waals surface area contributed by atoms with Crippen LogP contribution in [0.5, 0.6) is 0 Å². The van der Waals surface area contributed by atoms with Gasteiger partial charge < -0.3 is 21.3 Å². The number of nitrogens with two attached hydrogens (primary N) is 1. The highest BCUT2D eigenvalue weighted by Crippen LogP contribution is 2.39. The number of nitrogens with zero attached hydrogens (tertiary/aromatic N) is 5. The lowest BCUT2D eigenvalue weighted by molar-refractivity contribution is -0.137. The largest absolute Gasteiger partial charge is 0.416 e. The van der Waals surface area contributed by atoms with Crippen molar-refractivity contribution in [2.75, 3.05) is 24.1 Å². The molecule has 1 aromatic carbocycles. The molecule has 0 spiro atoms. The van der Waals surface area contributed by atoms with Gasteiger partial charge in [0.2, 0.25) is 11.8 Å². The number of imidazole rings is 1. The number of nitrogen functional groups attached to an aromatic ring is 1. The van der Waals surface area contributed by atoms with E-state index in [0.717, 1.165) is 42.7 Å². The minimum Gasteiger partial charge on any atom is -0.382 e. The van der Waals surface area contributed by atoms with Crippen LogP contribution < -0.4 is 16.4 Å². The van der Waals surface area contributed by atoms with Crippen molar-refractivity contribution in [3.05, 3.63) is 77.5 Å². The van der Waals surface area contributed by atoms with Gasteiger partial charge in [-0.2, -0.15) is 13.2 Å². The van der Waals surface area contributed by atoms with Crippen molar-refractivity contribution >= 4 is 40.9 Å². The van der Waals surface area contributed by atoms with Gasteiger partial charge >= 0.3 is 6.18 Å². The van der Waals surface area contributed by atoms with Crippen molar-refractivity contribution in [3.63, 3.8) is 0 Å². The van der Waals surface area contributed by atoms with Crippen LogP contribution in [0.1, 0.15) is 66.0 Å². The summed E-state index contributed by atoms with van der Waals surface area (Å²) in [6.07, 6.45) is 4.60. The molecule has 2 atom stereocenters. The number of aromatic nitrogens is 4. The van der Waals surface area contributed by atoms with Gasteiger partial charge in [-0.05, 0) is 56.0 Å². The third-order valence-electron chi connectivity index (χ3n) is 8.29. The molecule has 4 N–H and O–H groups in total. The van der Waals surface area contributed by atoms with Crippen molar-refractivity contribution < 1.29 is 27.6 Å². The summed E-state index contributed by atoms with van der Waals surface area (Å²) < 4.78 is 41.3. The number of amides is 3. The van der Waals surface area contributed by atoms with Gasteiger partial charge in [0.05, 0.1) is 24.0 Å². The maximum absolute atomic E-state index is 13.1. The molecule has 2 bridgehead atoms. The lowest BCUT2D eigenvalue weighted by atomic mass is 10.1. The second kappa shape index (κ2) is 12.3. The summed E-state index contributed by atoms with van der Waals surface area (Å²) >= 11 is 0. The van der Waals surface area contributed by atoms with Gasteiger partial charge in [-0.15, -0.1) is 0 Å². The average Bonchev–Trinajstić information content (AvgIpc) is 3.64. The molecule has 46 heavy (non-hydrogen) atoms. The third-order valence-corrected chi connectivity index (χ3v) is 8.29. The molecule has 3 amide bonds. The second-order valence-electron chi connectivity index (χ2n) is 11.4. The molecular formula is C32H31F3N8O3. The summed E-state index contributed by atoms with van der Waals surface area (Å²) in [7, 11) is 0. The number of pyridine rings is 1. The van der Waals surface area contributed by atoms with Gasteiger partial charge in [0.25, 0.3) is 5.91 Å².